The molecule has 5 heteroatoms. The molecule has 2 fully saturated rings. The molecule has 1 unspecified atom stereocenters. The van der Waals surface area contributed by atoms with Gasteiger partial charge < -0.3 is 20.7 Å². The number of para-hydroxylation sites is 1. The van der Waals surface area contributed by atoms with Crippen LogP contribution in [0.4, 0.5) is 5.69 Å². The van der Waals surface area contributed by atoms with Gasteiger partial charge >= 0.3 is 0 Å². The molecule has 5 rings (SSSR count). The van der Waals surface area contributed by atoms with Crippen LogP contribution in [0.2, 0.25) is 0 Å². The summed E-state index contributed by atoms with van der Waals surface area (Å²) < 4.78 is 6.11. The molecule has 2 saturated carbocycles. The van der Waals surface area contributed by atoms with Gasteiger partial charge in [-0.2, -0.15) is 0 Å². The van der Waals surface area contributed by atoms with Gasteiger partial charge in [-0.3, -0.25) is 0 Å². The SMILES string of the molecule is NC1=Nc2ccc(Oc3ccccc3)cc2CN1C(CCNCC1CCCCC1)C1CCCCC1. The number of hydrogen-bond donors (Lipinski definition) is 2. The zero-order valence-corrected chi connectivity index (χ0v) is 21.1. The van der Waals surface area contributed by atoms with E-state index >= 15 is 0 Å². The van der Waals surface area contributed by atoms with Gasteiger partial charge in [0.15, 0.2) is 5.96 Å². The topological polar surface area (TPSA) is 62.9 Å². The molecule has 1 heterocycles. The predicted octanol–water partition coefficient (Wildman–Crippen LogP) is 6.75. The van der Waals surface area contributed by atoms with Crippen LogP contribution in [-0.4, -0.2) is 30.0 Å². The maximum absolute atomic E-state index is 6.61. The Kier molecular flexibility index (Phi) is 8.25. The van der Waals surface area contributed by atoms with E-state index < -0.39 is 0 Å². The molecule has 1 atom stereocenters. The van der Waals surface area contributed by atoms with Gasteiger partial charge in [-0.05, 0) is 87.4 Å². The van der Waals surface area contributed by atoms with Crippen molar-refractivity contribution in [2.24, 2.45) is 22.6 Å². The minimum absolute atomic E-state index is 0.435. The summed E-state index contributed by atoms with van der Waals surface area (Å²) in [6.07, 6.45) is 14.8. The number of nitrogens with zero attached hydrogens (tertiary/aromatic N) is 2. The van der Waals surface area contributed by atoms with Gasteiger partial charge in [0.05, 0.1) is 5.69 Å². The van der Waals surface area contributed by atoms with E-state index in [0.717, 1.165) is 42.6 Å². The summed E-state index contributed by atoms with van der Waals surface area (Å²) in [5, 5.41) is 3.81. The molecule has 2 aliphatic carbocycles. The average Bonchev–Trinajstić information content (AvgIpc) is 2.90. The van der Waals surface area contributed by atoms with Crippen molar-refractivity contribution in [1.82, 2.24) is 10.2 Å². The summed E-state index contributed by atoms with van der Waals surface area (Å²) in [5.74, 6) is 3.95. The lowest BCUT2D eigenvalue weighted by Crippen LogP contribution is -2.50. The number of hydrogen-bond acceptors (Lipinski definition) is 5. The molecule has 1 aliphatic heterocycles. The van der Waals surface area contributed by atoms with Crippen LogP contribution in [0.25, 0.3) is 0 Å². The van der Waals surface area contributed by atoms with Gasteiger partial charge in [0, 0.05) is 18.2 Å². The summed E-state index contributed by atoms with van der Waals surface area (Å²) in [6.45, 7) is 3.04. The van der Waals surface area contributed by atoms with E-state index in [1.165, 1.54) is 76.3 Å². The molecule has 2 aromatic carbocycles. The highest BCUT2D eigenvalue weighted by molar-refractivity contribution is 5.84. The Morgan fingerprint density at radius 3 is 2.43 bits per heavy atom. The normalized spacial score (nSPS) is 20.2. The molecular formula is C30H42N4O. The van der Waals surface area contributed by atoms with Crippen molar-refractivity contribution >= 4 is 11.6 Å². The average molecular weight is 475 g/mol. The maximum Gasteiger partial charge on any atom is 0.197 e. The van der Waals surface area contributed by atoms with Crippen LogP contribution < -0.4 is 15.8 Å². The fourth-order valence-corrected chi connectivity index (χ4v) is 6.34. The monoisotopic (exact) mass is 474 g/mol. The van der Waals surface area contributed by atoms with E-state index in [1.54, 1.807) is 0 Å². The highest BCUT2D eigenvalue weighted by atomic mass is 16.5. The van der Waals surface area contributed by atoms with E-state index in [2.05, 4.69) is 16.3 Å². The smallest absolute Gasteiger partial charge is 0.197 e. The van der Waals surface area contributed by atoms with Crippen molar-refractivity contribution in [3.8, 4) is 11.5 Å². The van der Waals surface area contributed by atoms with Gasteiger partial charge in [0.25, 0.3) is 0 Å². The first-order chi connectivity index (χ1) is 17.3. The molecule has 3 aliphatic rings. The number of rotatable bonds is 9. The molecule has 0 saturated heterocycles. The van der Waals surface area contributed by atoms with Crippen LogP contribution in [0.1, 0.15) is 76.2 Å². The van der Waals surface area contributed by atoms with E-state index in [4.69, 9.17) is 15.5 Å². The molecule has 5 nitrogen and oxygen atoms in total. The van der Waals surface area contributed by atoms with E-state index in [1.807, 2.05) is 42.5 Å². The van der Waals surface area contributed by atoms with Crippen molar-refractivity contribution < 1.29 is 4.74 Å². The summed E-state index contributed by atoms with van der Waals surface area (Å²) in [5.41, 5.74) is 8.78. The molecule has 35 heavy (non-hydrogen) atoms. The van der Waals surface area contributed by atoms with Crippen LogP contribution in [0.15, 0.2) is 53.5 Å². The summed E-state index contributed by atoms with van der Waals surface area (Å²) in [4.78, 5) is 7.23. The lowest BCUT2D eigenvalue weighted by atomic mass is 9.81. The largest absolute Gasteiger partial charge is 0.457 e. The first kappa shape index (κ1) is 24.2. The van der Waals surface area contributed by atoms with Crippen molar-refractivity contribution in [3.05, 3.63) is 54.1 Å². The van der Waals surface area contributed by atoms with Crippen LogP contribution in [-0.2, 0) is 6.54 Å². The minimum Gasteiger partial charge on any atom is -0.457 e. The van der Waals surface area contributed by atoms with Crippen LogP contribution in [0.3, 0.4) is 0 Å². The Morgan fingerprint density at radius 2 is 1.66 bits per heavy atom. The zero-order chi connectivity index (χ0) is 23.9. The van der Waals surface area contributed by atoms with Crippen molar-refractivity contribution in [2.75, 3.05) is 13.1 Å². The van der Waals surface area contributed by atoms with Gasteiger partial charge in [-0.1, -0.05) is 56.7 Å². The number of nitrogens with two attached hydrogens (primary N) is 1. The molecule has 3 N–H and O–H groups in total. The van der Waals surface area contributed by atoms with Crippen molar-refractivity contribution in [1.29, 1.82) is 0 Å². The van der Waals surface area contributed by atoms with E-state index in [0.29, 0.717) is 17.9 Å². The van der Waals surface area contributed by atoms with Crippen LogP contribution in [0, 0.1) is 11.8 Å². The Balaban J connectivity index is 1.27. The molecule has 0 radical (unpaired) electrons. The lowest BCUT2D eigenvalue weighted by Gasteiger charge is -2.41. The number of ether oxygens (including phenoxy) is 1. The third-order valence-electron chi connectivity index (χ3n) is 8.27. The lowest BCUT2D eigenvalue weighted by molar-refractivity contribution is 0.163. The van der Waals surface area contributed by atoms with Gasteiger partial charge in [-0.25, -0.2) is 4.99 Å². The number of aliphatic imine (C=N–C) groups is 1. The fourth-order valence-electron chi connectivity index (χ4n) is 6.34. The maximum atomic E-state index is 6.61. The highest BCUT2D eigenvalue weighted by Gasteiger charge is 2.32. The second-order valence-corrected chi connectivity index (χ2v) is 10.8. The summed E-state index contributed by atoms with van der Waals surface area (Å²) in [7, 11) is 0. The van der Waals surface area contributed by atoms with E-state index in [-0.39, 0.29) is 0 Å². The standard InChI is InChI=1S/C30H42N4O/c31-30-33-28-17-16-27(35-26-14-8-3-9-15-26)20-25(28)22-34(30)29(24-12-6-2-7-13-24)18-19-32-21-23-10-4-1-5-11-23/h3,8-9,14-17,20,23-24,29,32H,1-2,4-7,10-13,18-19,21-22H2,(H2,31,33). The second kappa shape index (κ2) is 11.9. The summed E-state index contributed by atoms with van der Waals surface area (Å²) in [6, 6.07) is 16.6. The van der Waals surface area contributed by atoms with Gasteiger partial charge in [0.1, 0.15) is 11.5 Å². The quantitative estimate of drug-likeness (QED) is 0.395. The number of nitrogens with one attached hydrogen (secondary N) is 1. The Morgan fingerprint density at radius 1 is 0.914 bits per heavy atom. The third-order valence-corrected chi connectivity index (χ3v) is 8.27. The molecule has 0 aromatic heterocycles. The number of fused-ring (bicyclic) bond motifs is 1. The third kappa shape index (κ3) is 6.38. The molecule has 0 bridgehead atoms. The fraction of sp³-hybridized carbons (Fsp3) is 0.567. The second-order valence-electron chi connectivity index (χ2n) is 10.8. The van der Waals surface area contributed by atoms with Crippen LogP contribution in [0.5, 0.6) is 11.5 Å². The van der Waals surface area contributed by atoms with Gasteiger partial charge in [0.2, 0.25) is 0 Å². The number of guanidine groups is 1. The summed E-state index contributed by atoms with van der Waals surface area (Å²) >= 11 is 0. The first-order valence-electron chi connectivity index (χ1n) is 13.9. The number of benzene rings is 2. The van der Waals surface area contributed by atoms with E-state index in [9.17, 15) is 0 Å². The molecule has 188 valence electrons. The minimum atomic E-state index is 0.435. The zero-order valence-electron chi connectivity index (χ0n) is 21.1. The Bertz CT molecular complexity index is 964. The Hall–Kier alpha value is -2.53. The predicted molar refractivity (Wildman–Crippen MR) is 144 cm³/mol. The molecule has 2 aromatic rings. The highest BCUT2D eigenvalue weighted by Crippen LogP contribution is 2.36. The van der Waals surface area contributed by atoms with Crippen molar-refractivity contribution in [2.45, 2.75) is 83.2 Å². The van der Waals surface area contributed by atoms with Crippen LogP contribution >= 0.6 is 0 Å². The van der Waals surface area contributed by atoms with Crippen molar-refractivity contribution in [3.63, 3.8) is 0 Å². The van der Waals surface area contributed by atoms with Gasteiger partial charge in [-0.15, -0.1) is 0 Å². The Labute approximate surface area is 211 Å². The molecular weight excluding hydrogens is 432 g/mol. The molecule has 0 spiro atoms. The molecule has 0 amide bonds. The first-order valence-corrected chi connectivity index (χ1v) is 13.9.